The molecule has 2 rings (SSSR count). The van der Waals surface area contributed by atoms with Gasteiger partial charge in [-0.15, -0.1) is 11.6 Å². The number of halogens is 1. The molecule has 0 spiro atoms. The highest BCUT2D eigenvalue weighted by Gasteiger charge is 2.11. The predicted molar refractivity (Wildman–Crippen MR) is 91.6 cm³/mol. The summed E-state index contributed by atoms with van der Waals surface area (Å²) in [5, 5.41) is -0.0156. The maximum absolute atomic E-state index is 6.52. The van der Waals surface area contributed by atoms with Gasteiger partial charge in [-0.3, -0.25) is 4.98 Å². The van der Waals surface area contributed by atoms with Crippen LogP contribution in [0.25, 0.3) is 0 Å². The molecule has 0 aliphatic rings. The Hall–Kier alpha value is -1.58. The van der Waals surface area contributed by atoms with Gasteiger partial charge in [-0.1, -0.05) is 12.1 Å². The number of pyridine rings is 1. The SMILES string of the molecule is CCOc1ccc(C(Cl)CN(C)CCc2ccncc2)cc1. The lowest BCUT2D eigenvalue weighted by atomic mass is 10.1. The summed E-state index contributed by atoms with van der Waals surface area (Å²) < 4.78 is 5.45. The molecule has 3 nitrogen and oxygen atoms in total. The van der Waals surface area contributed by atoms with E-state index in [0.717, 1.165) is 30.8 Å². The summed E-state index contributed by atoms with van der Waals surface area (Å²) in [6, 6.07) is 12.1. The Bertz CT molecular complexity index is 545. The summed E-state index contributed by atoms with van der Waals surface area (Å²) in [5.74, 6) is 0.890. The molecule has 1 unspecified atom stereocenters. The highest BCUT2D eigenvalue weighted by molar-refractivity contribution is 6.21. The van der Waals surface area contributed by atoms with Gasteiger partial charge in [0.05, 0.1) is 12.0 Å². The second-order valence-electron chi connectivity index (χ2n) is 5.34. The molecule has 0 radical (unpaired) electrons. The summed E-state index contributed by atoms with van der Waals surface area (Å²) in [4.78, 5) is 6.29. The molecule has 0 fully saturated rings. The van der Waals surface area contributed by atoms with Crippen molar-refractivity contribution in [2.45, 2.75) is 18.7 Å². The molecule has 22 heavy (non-hydrogen) atoms. The van der Waals surface area contributed by atoms with Gasteiger partial charge in [0.25, 0.3) is 0 Å². The summed E-state index contributed by atoms with van der Waals surface area (Å²) in [6.45, 7) is 4.46. The largest absolute Gasteiger partial charge is 0.494 e. The van der Waals surface area contributed by atoms with Crippen LogP contribution in [0.3, 0.4) is 0 Å². The van der Waals surface area contributed by atoms with Crippen molar-refractivity contribution in [1.29, 1.82) is 0 Å². The molecular formula is C18H23ClN2O. The molecule has 0 N–H and O–H groups in total. The first-order valence-electron chi connectivity index (χ1n) is 7.63. The average Bonchev–Trinajstić information content (AvgIpc) is 2.55. The second-order valence-corrected chi connectivity index (χ2v) is 5.86. The number of rotatable bonds is 8. The molecule has 0 saturated heterocycles. The fourth-order valence-electron chi connectivity index (χ4n) is 2.28. The molecule has 1 heterocycles. The van der Waals surface area contributed by atoms with Crippen molar-refractivity contribution >= 4 is 11.6 Å². The number of hydrogen-bond donors (Lipinski definition) is 0. The van der Waals surface area contributed by atoms with Crippen LogP contribution in [0.5, 0.6) is 5.75 Å². The molecule has 0 saturated carbocycles. The Kier molecular flexibility index (Phi) is 6.69. The highest BCUT2D eigenvalue weighted by atomic mass is 35.5. The molecule has 1 aromatic carbocycles. The summed E-state index contributed by atoms with van der Waals surface area (Å²) in [6.07, 6.45) is 4.67. The van der Waals surface area contributed by atoms with Gasteiger partial charge in [0.2, 0.25) is 0 Å². The van der Waals surface area contributed by atoms with Crippen molar-refractivity contribution in [1.82, 2.24) is 9.88 Å². The zero-order valence-electron chi connectivity index (χ0n) is 13.2. The third-order valence-corrected chi connectivity index (χ3v) is 3.95. The van der Waals surface area contributed by atoms with Gasteiger partial charge in [-0.2, -0.15) is 0 Å². The second kappa shape index (κ2) is 8.76. The van der Waals surface area contributed by atoms with Gasteiger partial charge >= 0.3 is 0 Å². The lowest BCUT2D eigenvalue weighted by Crippen LogP contribution is -2.25. The van der Waals surface area contributed by atoms with E-state index in [-0.39, 0.29) is 5.38 Å². The lowest BCUT2D eigenvalue weighted by Gasteiger charge is -2.20. The predicted octanol–water partition coefficient (Wildman–Crippen LogP) is 3.93. The number of hydrogen-bond acceptors (Lipinski definition) is 3. The third-order valence-electron chi connectivity index (χ3n) is 3.56. The zero-order valence-corrected chi connectivity index (χ0v) is 14.0. The van der Waals surface area contributed by atoms with Crippen LogP contribution in [0.15, 0.2) is 48.8 Å². The molecule has 0 amide bonds. The van der Waals surface area contributed by atoms with Crippen LogP contribution in [0.1, 0.15) is 23.4 Å². The standard InChI is InChI=1S/C18H23ClN2O/c1-3-22-17-6-4-16(5-7-17)18(19)14-21(2)13-10-15-8-11-20-12-9-15/h4-9,11-12,18H,3,10,13-14H2,1-2H3. The van der Waals surface area contributed by atoms with E-state index in [2.05, 4.69) is 29.1 Å². The molecule has 0 aliphatic heterocycles. The van der Waals surface area contributed by atoms with Crippen LogP contribution < -0.4 is 4.74 Å². The fraction of sp³-hybridized carbons (Fsp3) is 0.389. The van der Waals surface area contributed by atoms with E-state index >= 15 is 0 Å². The number of ether oxygens (including phenoxy) is 1. The first-order valence-corrected chi connectivity index (χ1v) is 8.07. The van der Waals surface area contributed by atoms with Crippen molar-refractivity contribution in [3.63, 3.8) is 0 Å². The van der Waals surface area contributed by atoms with E-state index in [4.69, 9.17) is 16.3 Å². The molecule has 1 atom stereocenters. The number of nitrogens with zero attached hydrogens (tertiary/aromatic N) is 2. The van der Waals surface area contributed by atoms with E-state index < -0.39 is 0 Å². The zero-order chi connectivity index (χ0) is 15.8. The average molecular weight is 319 g/mol. The van der Waals surface area contributed by atoms with Crippen LogP contribution in [0, 0.1) is 0 Å². The summed E-state index contributed by atoms with van der Waals surface area (Å²) in [7, 11) is 2.10. The lowest BCUT2D eigenvalue weighted by molar-refractivity contribution is 0.336. The van der Waals surface area contributed by atoms with E-state index in [0.29, 0.717) is 6.61 Å². The summed E-state index contributed by atoms with van der Waals surface area (Å²) >= 11 is 6.52. The maximum atomic E-state index is 6.52. The number of likely N-dealkylation sites (N-methyl/N-ethyl adjacent to an activating group) is 1. The Morgan fingerprint density at radius 1 is 1.14 bits per heavy atom. The normalized spacial score (nSPS) is 12.4. The van der Waals surface area contributed by atoms with Crippen molar-refractivity contribution in [2.75, 3.05) is 26.7 Å². The van der Waals surface area contributed by atoms with Crippen molar-refractivity contribution in [3.05, 3.63) is 59.9 Å². The van der Waals surface area contributed by atoms with Gasteiger partial charge in [0.1, 0.15) is 5.75 Å². The Balaban J connectivity index is 1.81. The van der Waals surface area contributed by atoms with Gasteiger partial charge in [0.15, 0.2) is 0 Å². The monoisotopic (exact) mass is 318 g/mol. The highest BCUT2D eigenvalue weighted by Crippen LogP contribution is 2.23. The summed E-state index contributed by atoms with van der Waals surface area (Å²) in [5.41, 5.74) is 2.43. The van der Waals surface area contributed by atoms with Crippen molar-refractivity contribution in [3.8, 4) is 5.75 Å². The molecular weight excluding hydrogens is 296 g/mol. The molecule has 0 aliphatic carbocycles. The van der Waals surface area contributed by atoms with Gasteiger partial charge < -0.3 is 9.64 Å². The van der Waals surface area contributed by atoms with Crippen molar-refractivity contribution in [2.24, 2.45) is 0 Å². The third kappa shape index (κ3) is 5.32. The molecule has 2 aromatic rings. The van der Waals surface area contributed by atoms with Crippen LogP contribution in [0.4, 0.5) is 0 Å². The minimum absolute atomic E-state index is 0.0156. The van der Waals surface area contributed by atoms with E-state index in [9.17, 15) is 0 Å². The van der Waals surface area contributed by atoms with Crippen LogP contribution in [0.2, 0.25) is 0 Å². The minimum atomic E-state index is -0.0156. The van der Waals surface area contributed by atoms with Crippen LogP contribution in [-0.4, -0.2) is 36.6 Å². The molecule has 1 aromatic heterocycles. The van der Waals surface area contributed by atoms with Crippen LogP contribution in [-0.2, 0) is 6.42 Å². The Morgan fingerprint density at radius 2 is 1.82 bits per heavy atom. The minimum Gasteiger partial charge on any atom is -0.494 e. The topological polar surface area (TPSA) is 25.4 Å². The van der Waals surface area contributed by atoms with Crippen molar-refractivity contribution < 1.29 is 4.74 Å². The molecule has 4 heteroatoms. The molecule has 0 bridgehead atoms. The Labute approximate surface area is 137 Å². The Morgan fingerprint density at radius 3 is 2.45 bits per heavy atom. The van der Waals surface area contributed by atoms with E-state index in [1.165, 1.54) is 5.56 Å². The van der Waals surface area contributed by atoms with Crippen LogP contribution >= 0.6 is 11.6 Å². The number of alkyl halides is 1. The number of benzene rings is 1. The first-order chi connectivity index (χ1) is 10.7. The molecule has 118 valence electrons. The first kappa shape index (κ1) is 16.8. The van der Waals surface area contributed by atoms with Gasteiger partial charge in [0, 0.05) is 25.5 Å². The van der Waals surface area contributed by atoms with Gasteiger partial charge in [-0.25, -0.2) is 0 Å². The maximum Gasteiger partial charge on any atom is 0.119 e. The van der Waals surface area contributed by atoms with Gasteiger partial charge in [-0.05, 0) is 55.8 Å². The quantitative estimate of drug-likeness (QED) is 0.689. The van der Waals surface area contributed by atoms with E-state index in [1.54, 1.807) is 0 Å². The number of aromatic nitrogens is 1. The van der Waals surface area contributed by atoms with E-state index in [1.807, 2.05) is 43.6 Å². The smallest absolute Gasteiger partial charge is 0.119 e. The fourth-order valence-corrected chi connectivity index (χ4v) is 2.66.